The molecule has 2 aliphatic heterocycles. The van der Waals surface area contributed by atoms with Gasteiger partial charge in [-0.05, 0) is 69.9 Å². The van der Waals surface area contributed by atoms with E-state index in [1.807, 2.05) is 13.0 Å². The lowest BCUT2D eigenvalue weighted by molar-refractivity contribution is 0.0961. The molecule has 3 heterocycles. The van der Waals surface area contributed by atoms with E-state index in [0.29, 0.717) is 31.8 Å². The second kappa shape index (κ2) is 10.3. The zero-order chi connectivity index (χ0) is 26.9. The van der Waals surface area contributed by atoms with Crippen LogP contribution in [0.15, 0.2) is 42.6 Å². The minimum Gasteiger partial charge on any atom is -0.328 e. The minimum absolute atomic E-state index is 0.0423. The third kappa shape index (κ3) is 5.35. The first-order valence-corrected chi connectivity index (χ1v) is 12.6. The van der Waals surface area contributed by atoms with Gasteiger partial charge in [0.2, 0.25) is 0 Å². The summed E-state index contributed by atoms with van der Waals surface area (Å²) in [6, 6.07) is 2.90. The Labute approximate surface area is 217 Å². The van der Waals surface area contributed by atoms with E-state index in [1.165, 1.54) is 6.07 Å². The number of aromatic nitrogens is 3. The highest BCUT2D eigenvalue weighted by atomic mass is 19.1. The molecule has 3 amide bonds. The van der Waals surface area contributed by atoms with Crippen molar-refractivity contribution in [1.29, 1.82) is 0 Å². The normalized spacial score (nSPS) is 16.5. The highest BCUT2D eigenvalue weighted by Crippen LogP contribution is 2.33. The van der Waals surface area contributed by atoms with Crippen LogP contribution in [-0.4, -0.2) is 56.6 Å². The fourth-order valence-corrected chi connectivity index (χ4v) is 4.82. The standard InChI is InChI=1S/C28H35FN6O2/c1-7-33(6)27(37)34-14-12-20-16-23(29)22(15-21(20)17-34)26(36)30-19(3)10-8-9-18(2)25-32-31-24-11-13-28(4,5)35(24)25/h8-10,15-16H,2,7,11-14,17H2,1,3-6H3,(H,30,36)/b9-8-,19-10+. The van der Waals surface area contributed by atoms with Crippen molar-refractivity contribution in [2.45, 2.75) is 59.0 Å². The van der Waals surface area contributed by atoms with Crippen molar-refractivity contribution in [1.82, 2.24) is 29.9 Å². The molecule has 1 N–H and O–H groups in total. The zero-order valence-corrected chi connectivity index (χ0v) is 22.3. The van der Waals surface area contributed by atoms with Crippen molar-refractivity contribution in [3.63, 3.8) is 0 Å². The van der Waals surface area contributed by atoms with E-state index in [9.17, 15) is 14.0 Å². The fourth-order valence-electron chi connectivity index (χ4n) is 4.82. The molecular formula is C28H35FN6O2. The largest absolute Gasteiger partial charge is 0.328 e. The number of amides is 3. The Morgan fingerprint density at radius 2 is 2.00 bits per heavy atom. The van der Waals surface area contributed by atoms with Gasteiger partial charge in [0.15, 0.2) is 5.82 Å². The van der Waals surface area contributed by atoms with Gasteiger partial charge in [0.1, 0.15) is 11.6 Å². The summed E-state index contributed by atoms with van der Waals surface area (Å²) in [5.74, 6) is 0.595. The molecule has 9 heteroatoms. The molecule has 0 unspecified atom stereocenters. The summed E-state index contributed by atoms with van der Waals surface area (Å²) in [7, 11) is 1.75. The first-order chi connectivity index (χ1) is 17.5. The highest BCUT2D eigenvalue weighted by molar-refractivity contribution is 5.96. The van der Waals surface area contributed by atoms with E-state index in [0.717, 1.165) is 41.2 Å². The van der Waals surface area contributed by atoms with Crippen LogP contribution in [0.1, 0.15) is 67.2 Å². The first kappa shape index (κ1) is 26.3. The molecule has 196 valence electrons. The zero-order valence-electron chi connectivity index (χ0n) is 22.3. The van der Waals surface area contributed by atoms with Gasteiger partial charge in [0.25, 0.3) is 5.91 Å². The smallest absolute Gasteiger partial charge is 0.320 e. The van der Waals surface area contributed by atoms with Crippen LogP contribution < -0.4 is 5.32 Å². The maximum absolute atomic E-state index is 14.8. The quantitative estimate of drug-likeness (QED) is 0.588. The molecule has 0 fully saturated rings. The number of urea groups is 1. The molecule has 0 saturated heterocycles. The number of benzene rings is 1. The van der Waals surface area contributed by atoms with E-state index < -0.39 is 11.7 Å². The third-order valence-electron chi connectivity index (χ3n) is 7.15. The number of hydrogen-bond acceptors (Lipinski definition) is 4. The van der Waals surface area contributed by atoms with E-state index in [1.54, 1.807) is 42.0 Å². The molecule has 2 aliphatic rings. The van der Waals surface area contributed by atoms with Gasteiger partial charge in [-0.3, -0.25) is 4.79 Å². The van der Waals surface area contributed by atoms with Crippen molar-refractivity contribution in [3.8, 4) is 0 Å². The van der Waals surface area contributed by atoms with Crippen molar-refractivity contribution < 1.29 is 14.0 Å². The van der Waals surface area contributed by atoms with E-state index >= 15 is 0 Å². The van der Waals surface area contributed by atoms with Crippen LogP contribution in [0.5, 0.6) is 0 Å². The van der Waals surface area contributed by atoms with Crippen LogP contribution in [0.2, 0.25) is 0 Å². The SMILES string of the molecule is C=C(/C=C\C=C(/C)NC(=O)c1cc2c(cc1F)CCN(C(=O)N(C)CC)C2)c1nnc2n1C(C)(C)CC2. The van der Waals surface area contributed by atoms with Gasteiger partial charge < -0.3 is 19.7 Å². The highest BCUT2D eigenvalue weighted by Gasteiger charge is 2.33. The van der Waals surface area contributed by atoms with Crippen LogP contribution >= 0.6 is 0 Å². The number of nitrogens with one attached hydrogen (secondary N) is 1. The second-order valence-electron chi connectivity index (χ2n) is 10.3. The first-order valence-electron chi connectivity index (χ1n) is 12.6. The molecule has 0 atom stereocenters. The molecule has 0 aliphatic carbocycles. The number of rotatable bonds is 6. The Hall–Kier alpha value is -3.75. The van der Waals surface area contributed by atoms with E-state index in [-0.39, 0.29) is 17.1 Å². The molecule has 0 saturated carbocycles. The molecular weight excluding hydrogens is 471 g/mol. The van der Waals surface area contributed by atoms with Crippen molar-refractivity contribution in [2.75, 3.05) is 20.1 Å². The number of carbonyl (C=O) groups is 2. The lowest BCUT2D eigenvalue weighted by Gasteiger charge is -2.32. The topological polar surface area (TPSA) is 83.4 Å². The summed E-state index contributed by atoms with van der Waals surface area (Å²) >= 11 is 0. The molecule has 2 aromatic rings. The monoisotopic (exact) mass is 506 g/mol. The molecule has 1 aromatic heterocycles. The second-order valence-corrected chi connectivity index (χ2v) is 10.3. The number of hydrogen-bond donors (Lipinski definition) is 1. The Balaban J connectivity index is 1.43. The van der Waals surface area contributed by atoms with Gasteiger partial charge in [-0.1, -0.05) is 18.7 Å². The lowest BCUT2D eigenvalue weighted by atomic mass is 9.96. The summed E-state index contributed by atoms with van der Waals surface area (Å²) in [4.78, 5) is 28.8. The predicted octanol–water partition coefficient (Wildman–Crippen LogP) is 4.43. The summed E-state index contributed by atoms with van der Waals surface area (Å²) in [5, 5.41) is 11.3. The third-order valence-corrected chi connectivity index (χ3v) is 7.15. The summed E-state index contributed by atoms with van der Waals surface area (Å²) < 4.78 is 16.9. The van der Waals surface area contributed by atoms with Gasteiger partial charge >= 0.3 is 6.03 Å². The van der Waals surface area contributed by atoms with Gasteiger partial charge in [-0.15, -0.1) is 10.2 Å². The number of allylic oxidation sites excluding steroid dienone is 5. The summed E-state index contributed by atoms with van der Waals surface area (Å²) in [6.07, 6.45) is 7.78. The van der Waals surface area contributed by atoms with Gasteiger partial charge in [0.05, 0.1) is 5.56 Å². The number of fused-ring (bicyclic) bond motifs is 2. The minimum atomic E-state index is -0.568. The average molecular weight is 507 g/mol. The summed E-state index contributed by atoms with van der Waals surface area (Å²) in [6.45, 7) is 13.6. The molecule has 37 heavy (non-hydrogen) atoms. The molecule has 4 rings (SSSR count). The van der Waals surface area contributed by atoms with Crippen LogP contribution in [0.3, 0.4) is 0 Å². The Kier molecular flexibility index (Phi) is 7.34. The number of nitrogens with zero attached hydrogens (tertiary/aromatic N) is 5. The van der Waals surface area contributed by atoms with Crippen molar-refractivity contribution in [2.24, 2.45) is 0 Å². The molecule has 0 bridgehead atoms. The van der Waals surface area contributed by atoms with Gasteiger partial charge in [-0.2, -0.15) is 0 Å². The molecule has 0 spiro atoms. The van der Waals surface area contributed by atoms with Crippen molar-refractivity contribution in [3.05, 3.63) is 76.8 Å². The molecule has 1 aromatic carbocycles. The Bertz CT molecular complexity index is 1310. The maximum Gasteiger partial charge on any atom is 0.320 e. The predicted molar refractivity (Wildman–Crippen MR) is 141 cm³/mol. The maximum atomic E-state index is 14.8. The fraction of sp³-hybridized carbons (Fsp3) is 0.429. The average Bonchev–Trinajstić information content (AvgIpc) is 3.43. The van der Waals surface area contributed by atoms with Crippen molar-refractivity contribution >= 4 is 17.5 Å². The van der Waals surface area contributed by atoms with Crippen LogP contribution in [0, 0.1) is 5.82 Å². The Morgan fingerprint density at radius 3 is 2.73 bits per heavy atom. The summed E-state index contributed by atoms with van der Waals surface area (Å²) in [5.41, 5.74) is 2.79. The number of carbonyl (C=O) groups excluding carboxylic acids is 2. The molecule has 8 nitrogen and oxygen atoms in total. The van der Waals surface area contributed by atoms with Crippen LogP contribution in [0.25, 0.3) is 5.57 Å². The van der Waals surface area contributed by atoms with Crippen LogP contribution in [0.4, 0.5) is 9.18 Å². The van der Waals surface area contributed by atoms with E-state index in [2.05, 4.69) is 40.5 Å². The van der Waals surface area contributed by atoms with Gasteiger partial charge in [-0.25, -0.2) is 9.18 Å². The Morgan fingerprint density at radius 1 is 1.24 bits per heavy atom. The molecule has 0 radical (unpaired) electrons. The van der Waals surface area contributed by atoms with Gasteiger partial charge in [0, 0.05) is 49.9 Å². The lowest BCUT2D eigenvalue weighted by Crippen LogP contribution is -2.43. The number of aryl methyl sites for hydroxylation is 1. The van der Waals surface area contributed by atoms with Crippen LogP contribution in [-0.2, 0) is 24.9 Å². The van der Waals surface area contributed by atoms with E-state index in [4.69, 9.17) is 0 Å². The number of halogens is 1.